The molecule has 0 N–H and O–H groups in total. The Labute approximate surface area is 126 Å². The summed E-state index contributed by atoms with van der Waals surface area (Å²) in [7, 11) is -8.23. The molecule has 22 heavy (non-hydrogen) atoms. The molecule has 0 amide bonds. The molecule has 1 rings (SSSR count). The zero-order valence-corrected chi connectivity index (χ0v) is 13.4. The summed E-state index contributed by atoms with van der Waals surface area (Å²) in [6.45, 7) is -0.484. The lowest BCUT2D eigenvalue weighted by molar-refractivity contribution is -0.230. The van der Waals surface area contributed by atoms with Crippen LogP contribution >= 0.6 is 15.4 Å². The number of aldehydes is 1. The van der Waals surface area contributed by atoms with E-state index in [9.17, 15) is 23.7 Å². The number of hydrogen-bond acceptors (Lipinski definition) is 9. The van der Waals surface area contributed by atoms with Gasteiger partial charge in [0.1, 0.15) is 25.0 Å². The van der Waals surface area contributed by atoms with Crippen molar-refractivity contribution in [1.29, 1.82) is 0 Å². The second-order valence-electron chi connectivity index (χ2n) is 3.87. The lowest BCUT2D eigenvalue weighted by Gasteiger charge is -2.27. The van der Waals surface area contributed by atoms with E-state index in [0.29, 0.717) is 17.6 Å². The predicted molar refractivity (Wildman–Crippen MR) is 71.5 cm³/mol. The van der Waals surface area contributed by atoms with Gasteiger partial charge in [-0.1, -0.05) is 0 Å². The van der Waals surface area contributed by atoms with Crippen LogP contribution in [0.5, 0.6) is 5.75 Å². The molecule has 1 aromatic rings. The molecule has 0 bridgehead atoms. The van der Waals surface area contributed by atoms with E-state index in [4.69, 9.17) is 4.74 Å². The summed E-state index contributed by atoms with van der Waals surface area (Å²) in [5, 5.41) is 0. The van der Waals surface area contributed by atoms with Crippen LogP contribution < -0.4 is 14.5 Å². The first-order chi connectivity index (χ1) is 10.3. The maximum Gasteiger partial charge on any atom is 0.268 e. The van der Waals surface area contributed by atoms with Crippen LogP contribution in [-0.2, 0) is 22.7 Å². The average Bonchev–Trinajstić information content (AvgIpc) is 2.50. The molecular weight excluding hydrogens is 338 g/mol. The minimum Gasteiger partial charge on any atom is -0.777 e. The third-order valence-corrected chi connectivity index (χ3v) is 4.42. The van der Waals surface area contributed by atoms with Crippen molar-refractivity contribution >= 4 is 21.7 Å². The molecule has 124 valence electrons. The molecule has 0 aliphatic rings. The van der Waals surface area contributed by atoms with Gasteiger partial charge >= 0.3 is 0 Å². The largest absolute Gasteiger partial charge is 0.777 e. The van der Waals surface area contributed by atoms with E-state index in [1.165, 1.54) is 24.3 Å². The van der Waals surface area contributed by atoms with E-state index in [1.54, 1.807) is 0 Å². The fraction of sp³-hybridized carbons (Fsp3) is 0.364. The fourth-order valence-corrected chi connectivity index (χ4v) is 2.79. The van der Waals surface area contributed by atoms with Gasteiger partial charge in [0.2, 0.25) is 0 Å². The van der Waals surface area contributed by atoms with E-state index in [1.807, 2.05) is 0 Å². The highest BCUT2D eigenvalue weighted by Crippen LogP contribution is 2.45. The Balaban J connectivity index is 2.31. The summed E-state index contributed by atoms with van der Waals surface area (Å²) >= 11 is 0. The molecule has 0 aliphatic heterocycles. The Morgan fingerprint density at radius 1 is 1.09 bits per heavy atom. The molecule has 11 heteroatoms. The number of carbonyl (C=O) groups excluding carboxylic acids is 1. The van der Waals surface area contributed by atoms with Gasteiger partial charge < -0.3 is 32.7 Å². The Kier molecular flexibility index (Phi) is 7.38. The molecule has 0 saturated heterocycles. The summed E-state index contributed by atoms with van der Waals surface area (Å²) in [6, 6.07) is 6.12. The standard InChI is InChI=1S/C11H16O9P2/c1-17-21(13,14)9-20-22(15,16)19-7-6-18-11-4-2-10(8-12)3-5-11/h2-5,8H,6-7,9H2,1H3,(H,13,14)(H,15,16)/p-2. The van der Waals surface area contributed by atoms with Crippen molar-refractivity contribution < 1.29 is 42.0 Å². The molecule has 1 aromatic carbocycles. The number of phosphoric acid groups is 1. The predicted octanol–water partition coefficient (Wildman–Crippen LogP) is 0.537. The van der Waals surface area contributed by atoms with E-state index in [2.05, 4.69) is 13.6 Å². The van der Waals surface area contributed by atoms with Crippen LogP contribution in [0.1, 0.15) is 10.4 Å². The van der Waals surface area contributed by atoms with Crippen molar-refractivity contribution in [2.45, 2.75) is 0 Å². The minimum absolute atomic E-state index is 0.116. The molecular formula is C11H14O9P2-2. The Morgan fingerprint density at radius 2 is 1.73 bits per heavy atom. The van der Waals surface area contributed by atoms with Gasteiger partial charge in [-0.2, -0.15) is 0 Å². The van der Waals surface area contributed by atoms with Crippen molar-refractivity contribution in [3.63, 3.8) is 0 Å². The quantitative estimate of drug-likeness (QED) is 0.336. The van der Waals surface area contributed by atoms with Crippen molar-refractivity contribution in [3.05, 3.63) is 29.8 Å². The zero-order valence-electron chi connectivity index (χ0n) is 11.6. The summed E-state index contributed by atoms with van der Waals surface area (Å²) in [5.74, 6) is 0.416. The number of phosphoric ester groups is 1. The molecule has 0 aromatic heterocycles. The number of rotatable bonds is 10. The lowest BCUT2D eigenvalue weighted by Crippen LogP contribution is -2.16. The number of hydrogen-bond donors (Lipinski definition) is 0. The first kappa shape index (κ1) is 19.0. The van der Waals surface area contributed by atoms with Gasteiger partial charge in [-0.15, -0.1) is 0 Å². The van der Waals surface area contributed by atoms with E-state index < -0.39 is 21.8 Å². The van der Waals surface area contributed by atoms with Crippen LogP contribution in [0.25, 0.3) is 0 Å². The molecule has 0 saturated carbocycles. The highest BCUT2D eigenvalue weighted by Gasteiger charge is 2.14. The molecule has 0 aliphatic carbocycles. The second kappa shape index (κ2) is 8.55. The molecule has 9 nitrogen and oxygen atoms in total. The van der Waals surface area contributed by atoms with Crippen LogP contribution in [0.4, 0.5) is 0 Å². The molecule has 0 fully saturated rings. The number of ether oxygens (including phenoxy) is 1. The van der Waals surface area contributed by atoms with E-state index in [0.717, 1.165) is 7.11 Å². The normalized spacial score (nSPS) is 16.5. The Hall–Kier alpha value is -1.05. The van der Waals surface area contributed by atoms with Crippen LogP contribution in [-0.4, -0.2) is 33.0 Å². The van der Waals surface area contributed by atoms with Gasteiger partial charge in [0.25, 0.3) is 7.82 Å². The summed E-state index contributed by atoms with van der Waals surface area (Å²) in [5.41, 5.74) is 0.473. The summed E-state index contributed by atoms with van der Waals surface area (Å²) in [6.07, 6.45) is -0.467. The van der Waals surface area contributed by atoms with Gasteiger partial charge in [-0.25, -0.2) is 0 Å². The molecule has 2 unspecified atom stereocenters. The first-order valence-corrected chi connectivity index (χ1v) is 9.11. The van der Waals surface area contributed by atoms with Crippen LogP contribution in [0.2, 0.25) is 0 Å². The van der Waals surface area contributed by atoms with Gasteiger partial charge in [0.05, 0.1) is 6.61 Å². The number of carbonyl (C=O) groups is 1. The zero-order chi connectivity index (χ0) is 16.6. The van der Waals surface area contributed by atoms with Gasteiger partial charge in [-0.05, 0) is 24.3 Å². The minimum atomic E-state index is -4.76. The number of benzene rings is 1. The summed E-state index contributed by atoms with van der Waals surface area (Å²) in [4.78, 5) is 32.6. The molecule has 0 radical (unpaired) electrons. The average molecular weight is 352 g/mol. The second-order valence-corrected chi connectivity index (χ2v) is 7.12. The molecule has 0 heterocycles. The Bertz CT molecular complexity index is 571. The van der Waals surface area contributed by atoms with Crippen molar-refractivity contribution in [3.8, 4) is 5.75 Å². The van der Waals surface area contributed by atoms with Gasteiger partial charge in [0.15, 0.2) is 7.60 Å². The molecule has 0 spiro atoms. The van der Waals surface area contributed by atoms with Crippen LogP contribution in [0.15, 0.2) is 24.3 Å². The third-order valence-electron chi connectivity index (χ3n) is 2.27. The highest BCUT2D eigenvalue weighted by molar-refractivity contribution is 7.52. The third kappa shape index (κ3) is 7.29. The van der Waals surface area contributed by atoms with E-state index in [-0.39, 0.29) is 13.2 Å². The monoisotopic (exact) mass is 352 g/mol. The summed E-state index contributed by atoms with van der Waals surface area (Å²) < 4.78 is 40.0. The van der Waals surface area contributed by atoms with Gasteiger partial charge in [-0.3, -0.25) is 9.36 Å². The maximum absolute atomic E-state index is 11.3. The topological polar surface area (TPSA) is 134 Å². The van der Waals surface area contributed by atoms with Crippen molar-refractivity contribution in [2.75, 3.05) is 26.7 Å². The SMILES string of the molecule is COP(=O)([O-])COP(=O)([O-])OCCOc1ccc(C=O)cc1. The first-order valence-electron chi connectivity index (χ1n) is 5.92. The lowest BCUT2D eigenvalue weighted by atomic mass is 10.2. The Morgan fingerprint density at radius 3 is 2.27 bits per heavy atom. The van der Waals surface area contributed by atoms with Gasteiger partial charge in [0, 0.05) is 12.7 Å². The smallest absolute Gasteiger partial charge is 0.268 e. The van der Waals surface area contributed by atoms with Crippen LogP contribution in [0.3, 0.4) is 0 Å². The van der Waals surface area contributed by atoms with Crippen molar-refractivity contribution in [1.82, 2.24) is 0 Å². The highest BCUT2D eigenvalue weighted by atomic mass is 31.2. The van der Waals surface area contributed by atoms with Crippen molar-refractivity contribution in [2.24, 2.45) is 0 Å². The van der Waals surface area contributed by atoms with E-state index >= 15 is 0 Å². The fourth-order valence-electron chi connectivity index (χ4n) is 1.18. The maximum atomic E-state index is 11.3. The molecule has 2 atom stereocenters. The van der Waals surface area contributed by atoms with Crippen LogP contribution in [0, 0.1) is 0 Å².